The summed E-state index contributed by atoms with van der Waals surface area (Å²) in [4.78, 5) is 23.6. The number of carbonyl (C=O) groups excluding carboxylic acids is 1. The maximum atomic E-state index is 13.2. The zero-order chi connectivity index (χ0) is 22.6. The molecule has 1 fully saturated rings. The largest absolute Gasteiger partial charge is 0.337 e. The van der Waals surface area contributed by atoms with Gasteiger partial charge in [-0.25, -0.2) is 4.98 Å². The molecule has 0 saturated carbocycles. The van der Waals surface area contributed by atoms with E-state index in [1.54, 1.807) is 12.4 Å². The lowest BCUT2D eigenvalue weighted by Crippen LogP contribution is -2.35. The Bertz CT molecular complexity index is 1320. The zero-order valence-electron chi connectivity index (χ0n) is 18.2. The average molecular weight is 437 g/mol. The van der Waals surface area contributed by atoms with Gasteiger partial charge in [0.05, 0.1) is 29.2 Å². The van der Waals surface area contributed by atoms with Crippen LogP contribution in [0.15, 0.2) is 73.4 Å². The molecule has 1 amide bonds. The van der Waals surface area contributed by atoms with Crippen molar-refractivity contribution in [2.45, 2.75) is 25.6 Å². The number of likely N-dealkylation sites (tertiary alicyclic amines) is 1. The van der Waals surface area contributed by atoms with Crippen molar-refractivity contribution in [2.24, 2.45) is 0 Å². The summed E-state index contributed by atoms with van der Waals surface area (Å²) in [6.07, 6.45) is 8.08. The molecule has 2 aromatic heterocycles. The van der Waals surface area contributed by atoms with Gasteiger partial charge in [0.1, 0.15) is 0 Å². The van der Waals surface area contributed by atoms with Gasteiger partial charge in [0.25, 0.3) is 5.91 Å². The van der Waals surface area contributed by atoms with Crippen LogP contribution in [0.4, 0.5) is 0 Å². The van der Waals surface area contributed by atoms with Gasteiger partial charge < -0.3 is 14.8 Å². The number of nitrogens with zero attached hydrogens (tertiary/aromatic N) is 5. The summed E-state index contributed by atoms with van der Waals surface area (Å²) >= 11 is 0. The number of benzene rings is 2. The van der Waals surface area contributed by atoms with Crippen LogP contribution in [0.25, 0.3) is 10.8 Å². The number of hydrogen-bond donors (Lipinski definition) is 1. The fraction of sp³-hybridized carbons (Fsp3) is 0.231. The van der Waals surface area contributed by atoms with Crippen LogP contribution in [0.1, 0.15) is 33.6 Å². The number of amides is 1. The highest BCUT2D eigenvalue weighted by molar-refractivity contribution is 6.06. The number of carbonyl (C=O) groups is 1. The van der Waals surface area contributed by atoms with Crippen LogP contribution < -0.4 is 5.32 Å². The average Bonchev–Trinajstić information content (AvgIpc) is 3.52. The Labute approximate surface area is 192 Å². The van der Waals surface area contributed by atoms with E-state index in [-0.39, 0.29) is 11.9 Å². The molecule has 1 saturated heterocycles. The molecular formula is C26H24N6O. The fourth-order valence-corrected chi connectivity index (χ4v) is 4.34. The van der Waals surface area contributed by atoms with Crippen LogP contribution in [-0.2, 0) is 13.1 Å². The topological polar surface area (TPSA) is 86.8 Å². The van der Waals surface area contributed by atoms with E-state index in [1.807, 2.05) is 66.0 Å². The first-order valence-electron chi connectivity index (χ1n) is 11.0. The van der Waals surface area contributed by atoms with Crippen molar-refractivity contribution in [3.63, 3.8) is 0 Å². The van der Waals surface area contributed by atoms with Crippen molar-refractivity contribution in [1.82, 2.24) is 24.8 Å². The molecule has 0 bridgehead atoms. The maximum absolute atomic E-state index is 13.2. The van der Waals surface area contributed by atoms with Crippen molar-refractivity contribution in [2.75, 3.05) is 13.1 Å². The normalized spacial score (nSPS) is 15.6. The molecule has 0 spiro atoms. The Balaban J connectivity index is 1.20. The second-order valence-electron chi connectivity index (χ2n) is 8.35. The van der Waals surface area contributed by atoms with Gasteiger partial charge in [0.15, 0.2) is 0 Å². The summed E-state index contributed by atoms with van der Waals surface area (Å²) in [5.41, 5.74) is 3.53. The van der Waals surface area contributed by atoms with Crippen molar-refractivity contribution in [1.29, 1.82) is 5.26 Å². The van der Waals surface area contributed by atoms with E-state index in [4.69, 9.17) is 5.26 Å². The molecule has 1 atom stereocenters. The smallest absolute Gasteiger partial charge is 0.256 e. The van der Waals surface area contributed by atoms with Crippen molar-refractivity contribution in [3.05, 3.63) is 95.8 Å². The molecule has 0 radical (unpaired) electrons. The minimum Gasteiger partial charge on any atom is -0.337 e. The molecule has 2 aromatic carbocycles. The summed E-state index contributed by atoms with van der Waals surface area (Å²) in [5.74, 6) is 0.0365. The lowest BCUT2D eigenvalue weighted by atomic mass is 10.1. The molecule has 1 aliphatic rings. The van der Waals surface area contributed by atoms with E-state index in [0.29, 0.717) is 30.8 Å². The highest BCUT2D eigenvalue weighted by atomic mass is 16.2. The molecule has 5 rings (SSSR count). The number of imidazole rings is 1. The summed E-state index contributed by atoms with van der Waals surface area (Å²) in [7, 11) is 0. The molecular weight excluding hydrogens is 412 g/mol. The zero-order valence-corrected chi connectivity index (χ0v) is 18.2. The van der Waals surface area contributed by atoms with Gasteiger partial charge in [-0.05, 0) is 29.5 Å². The second kappa shape index (κ2) is 9.23. The fourth-order valence-electron chi connectivity index (χ4n) is 4.34. The van der Waals surface area contributed by atoms with E-state index in [1.165, 1.54) is 0 Å². The van der Waals surface area contributed by atoms with E-state index in [2.05, 4.69) is 25.9 Å². The number of aromatic nitrogens is 3. The Morgan fingerprint density at radius 2 is 1.94 bits per heavy atom. The SMILES string of the molecule is N#Cc1ccc(Cn2cncc2CN[C@H]2CCN(C(=O)c3cncc4ccccc34)C2)cc1. The summed E-state index contributed by atoms with van der Waals surface area (Å²) in [6, 6.07) is 17.9. The predicted molar refractivity (Wildman–Crippen MR) is 125 cm³/mol. The van der Waals surface area contributed by atoms with Gasteiger partial charge in [-0.15, -0.1) is 0 Å². The number of pyridine rings is 1. The van der Waals surface area contributed by atoms with Crippen LogP contribution in [0, 0.1) is 11.3 Å². The van der Waals surface area contributed by atoms with Crippen molar-refractivity contribution < 1.29 is 4.79 Å². The minimum absolute atomic E-state index is 0.0365. The molecule has 3 heterocycles. The summed E-state index contributed by atoms with van der Waals surface area (Å²) in [6.45, 7) is 2.78. The van der Waals surface area contributed by atoms with Gasteiger partial charge >= 0.3 is 0 Å². The number of rotatable bonds is 6. The first kappa shape index (κ1) is 20.9. The van der Waals surface area contributed by atoms with Crippen LogP contribution in [0.2, 0.25) is 0 Å². The Morgan fingerprint density at radius 3 is 2.79 bits per heavy atom. The van der Waals surface area contributed by atoms with Gasteiger partial charge in [0, 0.05) is 56.2 Å². The quantitative estimate of drug-likeness (QED) is 0.501. The van der Waals surface area contributed by atoms with E-state index >= 15 is 0 Å². The Kier molecular flexibility index (Phi) is 5.83. The van der Waals surface area contributed by atoms with E-state index in [9.17, 15) is 4.79 Å². The van der Waals surface area contributed by atoms with Crippen molar-refractivity contribution >= 4 is 16.7 Å². The Morgan fingerprint density at radius 1 is 1.09 bits per heavy atom. The standard InChI is InChI=1S/C26H24N6O/c27-11-19-5-7-20(8-6-19)16-32-18-29-13-23(32)14-30-22-9-10-31(17-22)26(33)25-15-28-12-21-3-1-2-4-24(21)25/h1-8,12-13,15,18,22,30H,9-10,14,16-17H2/t22-/m0/s1. The van der Waals surface area contributed by atoms with E-state index < -0.39 is 0 Å². The first-order chi connectivity index (χ1) is 16.2. The number of nitrogens with one attached hydrogen (secondary N) is 1. The van der Waals surface area contributed by atoms with Gasteiger partial charge in [0.2, 0.25) is 0 Å². The molecule has 7 nitrogen and oxygen atoms in total. The third-order valence-corrected chi connectivity index (χ3v) is 6.18. The molecule has 164 valence electrons. The molecule has 1 aliphatic heterocycles. The first-order valence-corrected chi connectivity index (χ1v) is 11.0. The van der Waals surface area contributed by atoms with Gasteiger partial charge in [-0.2, -0.15) is 5.26 Å². The molecule has 4 aromatic rings. The van der Waals surface area contributed by atoms with Gasteiger partial charge in [-0.3, -0.25) is 9.78 Å². The maximum Gasteiger partial charge on any atom is 0.256 e. The van der Waals surface area contributed by atoms with Gasteiger partial charge in [-0.1, -0.05) is 36.4 Å². The van der Waals surface area contributed by atoms with Crippen LogP contribution in [-0.4, -0.2) is 44.5 Å². The minimum atomic E-state index is 0.0365. The lowest BCUT2D eigenvalue weighted by Gasteiger charge is -2.18. The third-order valence-electron chi connectivity index (χ3n) is 6.18. The number of nitriles is 1. The summed E-state index contributed by atoms with van der Waals surface area (Å²) in [5, 5.41) is 14.5. The Hall–Kier alpha value is -4.02. The molecule has 7 heteroatoms. The molecule has 0 unspecified atom stereocenters. The number of hydrogen-bond acceptors (Lipinski definition) is 5. The second-order valence-corrected chi connectivity index (χ2v) is 8.35. The molecule has 0 aliphatic carbocycles. The number of fused-ring (bicyclic) bond motifs is 1. The van der Waals surface area contributed by atoms with E-state index in [0.717, 1.165) is 35.0 Å². The van der Waals surface area contributed by atoms with Crippen LogP contribution in [0.3, 0.4) is 0 Å². The highest BCUT2D eigenvalue weighted by Crippen LogP contribution is 2.21. The van der Waals surface area contributed by atoms with Crippen molar-refractivity contribution in [3.8, 4) is 6.07 Å². The molecule has 1 N–H and O–H groups in total. The lowest BCUT2D eigenvalue weighted by molar-refractivity contribution is 0.0791. The molecule has 33 heavy (non-hydrogen) atoms. The highest BCUT2D eigenvalue weighted by Gasteiger charge is 2.27. The monoisotopic (exact) mass is 436 g/mol. The van der Waals surface area contributed by atoms with Crippen LogP contribution in [0.5, 0.6) is 0 Å². The third kappa shape index (κ3) is 4.47. The summed E-state index contributed by atoms with van der Waals surface area (Å²) < 4.78 is 2.11. The van der Waals surface area contributed by atoms with Crippen LogP contribution >= 0.6 is 0 Å². The predicted octanol–water partition coefficient (Wildman–Crippen LogP) is 3.36.